The molecule has 20 heavy (non-hydrogen) atoms. The Kier molecular flexibility index (Phi) is 3.05. The van der Waals surface area contributed by atoms with Crippen LogP contribution in [0.15, 0.2) is 28.7 Å². The molecule has 106 valence electrons. The standard InChI is InChI=1S/C16H19NO3/c1-3-6-16(19)9-17(10-16)15(18)14-8-12-7-11(2)4-5-13(12)20-14/h4-5,7-8,19H,3,6,9-10H2,1-2H3. The van der Waals surface area contributed by atoms with E-state index >= 15 is 0 Å². The van der Waals surface area contributed by atoms with Gasteiger partial charge in [-0.2, -0.15) is 0 Å². The van der Waals surface area contributed by atoms with E-state index in [1.54, 1.807) is 11.0 Å². The highest BCUT2D eigenvalue weighted by atomic mass is 16.3. The number of benzene rings is 1. The minimum atomic E-state index is -0.701. The molecule has 1 amide bonds. The van der Waals surface area contributed by atoms with Crippen molar-refractivity contribution >= 4 is 16.9 Å². The van der Waals surface area contributed by atoms with Crippen molar-refractivity contribution in [1.82, 2.24) is 4.90 Å². The molecular formula is C16H19NO3. The summed E-state index contributed by atoms with van der Waals surface area (Å²) in [6.07, 6.45) is 1.65. The summed E-state index contributed by atoms with van der Waals surface area (Å²) in [5, 5.41) is 11.1. The number of hydrogen-bond acceptors (Lipinski definition) is 3. The molecule has 4 heteroatoms. The number of carbonyl (C=O) groups is 1. The van der Waals surface area contributed by atoms with Crippen LogP contribution in [0.4, 0.5) is 0 Å². The van der Waals surface area contributed by atoms with Crippen molar-refractivity contribution in [2.45, 2.75) is 32.3 Å². The van der Waals surface area contributed by atoms with Gasteiger partial charge in [0.15, 0.2) is 5.76 Å². The summed E-state index contributed by atoms with van der Waals surface area (Å²) >= 11 is 0. The lowest BCUT2D eigenvalue weighted by atomic mass is 9.89. The molecule has 2 heterocycles. The van der Waals surface area contributed by atoms with Gasteiger partial charge in [-0.1, -0.05) is 25.0 Å². The molecule has 1 fully saturated rings. The van der Waals surface area contributed by atoms with Crippen LogP contribution in [0.2, 0.25) is 0 Å². The molecule has 0 atom stereocenters. The maximum Gasteiger partial charge on any atom is 0.289 e. The summed E-state index contributed by atoms with van der Waals surface area (Å²) in [6.45, 7) is 4.84. The van der Waals surface area contributed by atoms with E-state index in [1.807, 2.05) is 32.0 Å². The monoisotopic (exact) mass is 273 g/mol. The predicted octanol–water partition coefficient (Wildman–Crippen LogP) is 2.73. The smallest absolute Gasteiger partial charge is 0.289 e. The first kappa shape index (κ1) is 13.2. The van der Waals surface area contributed by atoms with Gasteiger partial charge < -0.3 is 14.4 Å². The van der Waals surface area contributed by atoms with Crippen molar-refractivity contribution in [1.29, 1.82) is 0 Å². The first-order valence-corrected chi connectivity index (χ1v) is 7.03. The molecule has 0 saturated carbocycles. The van der Waals surface area contributed by atoms with Crippen molar-refractivity contribution in [2.24, 2.45) is 0 Å². The van der Waals surface area contributed by atoms with Gasteiger partial charge in [-0.05, 0) is 31.5 Å². The molecular weight excluding hydrogens is 254 g/mol. The number of β-amino-alcohol motifs (C(OH)–C–C–N with tert-alkyl or cyclic N) is 1. The van der Waals surface area contributed by atoms with Crippen molar-refractivity contribution in [2.75, 3.05) is 13.1 Å². The summed E-state index contributed by atoms with van der Waals surface area (Å²) in [4.78, 5) is 13.9. The van der Waals surface area contributed by atoms with Crippen molar-refractivity contribution in [3.63, 3.8) is 0 Å². The zero-order chi connectivity index (χ0) is 14.3. The first-order chi connectivity index (χ1) is 9.50. The number of likely N-dealkylation sites (tertiary alicyclic amines) is 1. The molecule has 4 nitrogen and oxygen atoms in total. The Morgan fingerprint density at radius 2 is 2.15 bits per heavy atom. The van der Waals surface area contributed by atoms with Crippen molar-refractivity contribution < 1.29 is 14.3 Å². The maximum atomic E-state index is 12.3. The highest BCUT2D eigenvalue weighted by Crippen LogP contribution is 2.29. The topological polar surface area (TPSA) is 53.7 Å². The van der Waals surface area contributed by atoms with E-state index in [2.05, 4.69) is 0 Å². The Hall–Kier alpha value is -1.81. The van der Waals surface area contributed by atoms with Crippen LogP contribution in [0.3, 0.4) is 0 Å². The highest BCUT2D eigenvalue weighted by Gasteiger charge is 2.43. The summed E-state index contributed by atoms with van der Waals surface area (Å²) < 4.78 is 5.60. The molecule has 0 bridgehead atoms. The van der Waals surface area contributed by atoms with Gasteiger partial charge >= 0.3 is 0 Å². The lowest BCUT2D eigenvalue weighted by Crippen LogP contribution is -2.63. The van der Waals surface area contributed by atoms with Gasteiger partial charge in [-0.15, -0.1) is 0 Å². The van der Waals surface area contributed by atoms with E-state index in [4.69, 9.17) is 4.42 Å². The largest absolute Gasteiger partial charge is 0.451 e. The summed E-state index contributed by atoms with van der Waals surface area (Å²) in [6, 6.07) is 7.62. The van der Waals surface area contributed by atoms with Crippen molar-refractivity contribution in [3.05, 3.63) is 35.6 Å². The third-order valence-corrected chi connectivity index (χ3v) is 3.86. The van der Waals surface area contributed by atoms with E-state index in [0.717, 1.165) is 29.4 Å². The third kappa shape index (κ3) is 2.20. The Balaban J connectivity index is 1.77. The zero-order valence-electron chi connectivity index (χ0n) is 11.8. The minimum Gasteiger partial charge on any atom is -0.451 e. The van der Waals surface area contributed by atoms with Crippen LogP contribution in [-0.4, -0.2) is 34.6 Å². The van der Waals surface area contributed by atoms with E-state index in [0.29, 0.717) is 18.8 Å². The molecule has 1 saturated heterocycles. The fraction of sp³-hybridized carbons (Fsp3) is 0.438. The summed E-state index contributed by atoms with van der Waals surface area (Å²) in [5.41, 5.74) is 1.16. The van der Waals surface area contributed by atoms with E-state index in [1.165, 1.54) is 0 Å². The lowest BCUT2D eigenvalue weighted by molar-refractivity contribution is -0.0867. The predicted molar refractivity (Wildman–Crippen MR) is 76.7 cm³/mol. The van der Waals surface area contributed by atoms with Gasteiger partial charge in [-0.25, -0.2) is 0 Å². The quantitative estimate of drug-likeness (QED) is 0.935. The fourth-order valence-electron chi connectivity index (χ4n) is 2.86. The van der Waals surface area contributed by atoms with Gasteiger partial charge in [0.2, 0.25) is 0 Å². The van der Waals surface area contributed by atoms with Gasteiger partial charge in [-0.3, -0.25) is 4.79 Å². The molecule has 0 radical (unpaired) electrons. The SMILES string of the molecule is CCCC1(O)CN(C(=O)c2cc3cc(C)ccc3o2)C1. The summed E-state index contributed by atoms with van der Waals surface area (Å²) in [5.74, 6) is 0.212. The maximum absolute atomic E-state index is 12.3. The molecule has 1 aromatic carbocycles. The van der Waals surface area contributed by atoms with E-state index < -0.39 is 5.60 Å². The van der Waals surface area contributed by atoms with Crippen LogP contribution in [0.1, 0.15) is 35.9 Å². The Morgan fingerprint density at radius 1 is 1.40 bits per heavy atom. The number of hydrogen-bond donors (Lipinski definition) is 1. The molecule has 1 aliphatic rings. The molecule has 0 unspecified atom stereocenters. The molecule has 1 N–H and O–H groups in total. The minimum absolute atomic E-state index is 0.139. The van der Waals surface area contributed by atoms with Crippen LogP contribution in [-0.2, 0) is 0 Å². The lowest BCUT2D eigenvalue weighted by Gasteiger charge is -2.46. The second-order valence-corrected chi connectivity index (χ2v) is 5.79. The Bertz CT molecular complexity index is 653. The molecule has 2 aromatic rings. The number of aliphatic hydroxyl groups is 1. The van der Waals surface area contributed by atoms with Gasteiger partial charge in [0.25, 0.3) is 5.91 Å². The number of aryl methyl sites for hydroxylation is 1. The zero-order valence-corrected chi connectivity index (χ0v) is 11.8. The molecule has 0 aliphatic carbocycles. The fourth-order valence-corrected chi connectivity index (χ4v) is 2.86. The molecule has 3 rings (SSSR count). The number of carbonyl (C=O) groups excluding carboxylic acids is 1. The van der Waals surface area contributed by atoms with Gasteiger partial charge in [0.1, 0.15) is 5.58 Å². The van der Waals surface area contributed by atoms with Gasteiger partial charge in [0.05, 0.1) is 18.7 Å². The second-order valence-electron chi connectivity index (χ2n) is 5.79. The number of furan rings is 1. The average molecular weight is 273 g/mol. The normalized spacial score (nSPS) is 17.2. The number of amides is 1. The average Bonchev–Trinajstić information content (AvgIpc) is 2.78. The molecule has 1 aromatic heterocycles. The van der Waals surface area contributed by atoms with Crippen molar-refractivity contribution in [3.8, 4) is 0 Å². The van der Waals surface area contributed by atoms with Crippen LogP contribution in [0, 0.1) is 6.92 Å². The van der Waals surface area contributed by atoms with Crippen LogP contribution in [0.5, 0.6) is 0 Å². The number of fused-ring (bicyclic) bond motifs is 1. The Labute approximate surface area is 118 Å². The second kappa shape index (κ2) is 4.63. The summed E-state index contributed by atoms with van der Waals surface area (Å²) in [7, 11) is 0. The first-order valence-electron chi connectivity index (χ1n) is 7.03. The van der Waals surface area contributed by atoms with Crippen LogP contribution in [0.25, 0.3) is 11.0 Å². The van der Waals surface area contributed by atoms with E-state index in [9.17, 15) is 9.90 Å². The third-order valence-electron chi connectivity index (χ3n) is 3.86. The van der Waals surface area contributed by atoms with E-state index in [-0.39, 0.29) is 5.91 Å². The molecule has 0 spiro atoms. The van der Waals surface area contributed by atoms with Crippen LogP contribution < -0.4 is 0 Å². The van der Waals surface area contributed by atoms with Crippen LogP contribution >= 0.6 is 0 Å². The highest BCUT2D eigenvalue weighted by molar-refractivity contribution is 5.96. The molecule has 1 aliphatic heterocycles. The number of rotatable bonds is 3. The number of nitrogens with zero attached hydrogens (tertiary/aromatic N) is 1. The van der Waals surface area contributed by atoms with Gasteiger partial charge in [0, 0.05) is 5.39 Å². The Morgan fingerprint density at radius 3 is 2.85 bits per heavy atom.